The van der Waals surface area contributed by atoms with E-state index in [1.807, 2.05) is 92.2 Å². The summed E-state index contributed by atoms with van der Waals surface area (Å²) in [6.45, 7) is 4.32. The summed E-state index contributed by atoms with van der Waals surface area (Å²) in [6, 6.07) is 21.1. The van der Waals surface area contributed by atoms with E-state index < -0.39 is 0 Å². The molecule has 0 fully saturated rings. The van der Waals surface area contributed by atoms with Crippen LogP contribution in [0.5, 0.6) is 5.75 Å². The van der Waals surface area contributed by atoms with Gasteiger partial charge in [-0.05, 0) is 55.8 Å². The molecule has 0 aliphatic heterocycles. The van der Waals surface area contributed by atoms with Crippen molar-refractivity contribution in [2.24, 2.45) is 7.05 Å². The van der Waals surface area contributed by atoms with Gasteiger partial charge in [-0.25, -0.2) is 9.36 Å². The van der Waals surface area contributed by atoms with Crippen LogP contribution in [0.1, 0.15) is 16.7 Å². The van der Waals surface area contributed by atoms with E-state index in [0.29, 0.717) is 23.3 Å². The number of benzene rings is 3. The summed E-state index contributed by atoms with van der Waals surface area (Å²) < 4.78 is 10.1. The van der Waals surface area contributed by atoms with Crippen molar-refractivity contribution >= 4 is 21.9 Å². The van der Waals surface area contributed by atoms with Crippen LogP contribution >= 0.6 is 0 Å². The maximum absolute atomic E-state index is 13.8. The Labute approximate surface area is 190 Å². The third-order valence-electron chi connectivity index (χ3n) is 6.22. The third kappa shape index (κ3) is 3.35. The molecule has 0 N–H and O–H groups in total. The highest BCUT2D eigenvalue weighted by molar-refractivity contribution is 6.06. The second-order valence-electron chi connectivity index (χ2n) is 8.47. The zero-order valence-corrected chi connectivity index (χ0v) is 19.1. The lowest BCUT2D eigenvalue weighted by atomic mass is 10.1. The summed E-state index contributed by atoms with van der Waals surface area (Å²) in [4.78, 5) is 27.6. The van der Waals surface area contributed by atoms with E-state index in [0.717, 1.165) is 33.3 Å². The second-order valence-corrected chi connectivity index (χ2v) is 8.47. The van der Waals surface area contributed by atoms with Gasteiger partial charge in [0.25, 0.3) is 5.56 Å². The molecule has 3 aromatic carbocycles. The molecule has 0 spiro atoms. The van der Waals surface area contributed by atoms with Crippen LogP contribution in [-0.4, -0.2) is 20.8 Å². The van der Waals surface area contributed by atoms with Crippen LogP contribution in [0, 0.1) is 13.8 Å². The van der Waals surface area contributed by atoms with Crippen LogP contribution < -0.4 is 16.0 Å². The van der Waals surface area contributed by atoms with Gasteiger partial charge in [0, 0.05) is 12.4 Å². The Morgan fingerprint density at radius 1 is 0.818 bits per heavy atom. The van der Waals surface area contributed by atoms with E-state index in [4.69, 9.17) is 4.74 Å². The smallest absolute Gasteiger partial charge is 0.336 e. The van der Waals surface area contributed by atoms with Crippen LogP contribution in [0.3, 0.4) is 0 Å². The minimum absolute atomic E-state index is 0.318. The summed E-state index contributed by atoms with van der Waals surface area (Å²) in [5.41, 5.74) is 5.03. The predicted molar refractivity (Wildman–Crippen MR) is 132 cm³/mol. The topological polar surface area (TPSA) is 58.2 Å². The van der Waals surface area contributed by atoms with Gasteiger partial charge < -0.3 is 9.30 Å². The number of hydrogen-bond acceptors (Lipinski definition) is 3. The van der Waals surface area contributed by atoms with Gasteiger partial charge in [-0.3, -0.25) is 9.36 Å². The lowest BCUT2D eigenvalue weighted by Crippen LogP contribution is -2.39. The van der Waals surface area contributed by atoms with E-state index in [-0.39, 0.29) is 11.2 Å². The zero-order valence-electron chi connectivity index (χ0n) is 19.1. The Hall–Kier alpha value is -4.06. The molecule has 0 bridgehead atoms. The number of ether oxygens (including phenoxy) is 1. The molecule has 0 amide bonds. The molecule has 0 saturated carbocycles. The number of rotatable bonds is 4. The fourth-order valence-corrected chi connectivity index (χ4v) is 4.45. The van der Waals surface area contributed by atoms with Gasteiger partial charge in [0.05, 0.1) is 30.4 Å². The highest BCUT2D eigenvalue weighted by atomic mass is 16.5. The average molecular weight is 440 g/mol. The number of fused-ring (bicyclic) bond motifs is 3. The Morgan fingerprint density at radius 2 is 1.48 bits per heavy atom. The van der Waals surface area contributed by atoms with Crippen LogP contribution in [0.2, 0.25) is 0 Å². The predicted octanol–water partition coefficient (Wildman–Crippen LogP) is 4.32. The van der Waals surface area contributed by atoms with Crippen molar-refractivity contribution in [2.45, 2.75) is 20.4 Å². The maximum Gasteiger partial charge on any atom is 0.336 e. The molecule has 0 saturated heterocycles. The molecular weight excluding hydrogens is 414 g/mol. The van der Waals surface area contributed by atoms with Gasteiger partial charge in [-0.15, -0.1) is 0 Å². The van der Waals surface area contributed by atoms with Crippen LogP contribution in [0.15, 0.2) is 76.3 Å². The summed E-state index contributed by atoms with van der Waals surface area (Å²) in [7, 11) is 3.50. The SMILES string of the molecule is COc1ccc(Cn2c(=O)n(-c3ccc(C)cc3)c(=O)c3c2c2cc(C)ccc2n3C)cc1. The Bertz CT molecular complexity index is 1620. The second kappa shape index (κ2) is 7.81. The molecular formula is C27H25N3O3. The molecule has 0 unspecified atom stereocenters. The van der Waals surface area contributed by atoms with Crippen molar-refractivity contribution < 1.29 is 4.74 Å². The lowest BCUT2D eigenvalue weighted by molar-refractivity contribution is 0.414. The van der Waals surface area contributed by atoms with Crippen LogP contribution in [0.25, 0.3) is 27.6 Å². The monoisotopic (exact) mass is 439 g/mol. The highest BCUT2D eigenvalue weighted by Gasteiger charge is 2.21. The molecule has 6 nitrogen and oxygen atoms in total. The van der Waals surface area contributed by atoms with Crippen molar-refractivity contribution in [3.8, 4) is 11.4 Å². The van der Waals surface area contributed by atoms with Gasteiger partial charge in [0.15, 0.2) is 0 Å². The van der Waals surface area contributed by atoms with Crippen LogP contribution in [-0.2, 0) is 13.6 Å². The quantitative estimate of drug-likeness (QED) is 0.419. The first-order chi connectivity index (χ1) is 15.9. The Morgan fingerprint density at radius 3 is 2.15 bits per heavy atom. The number of aryl methyl sites for hydroxylation is 3. The summed E-state index contributed by atoms with van der Waals surface area (Å²) in [5.74, 6) is 0.752. The third-order valence-corrected chi connectivity index (χ3v) is 6.22. The highest BCUT2D eigenvalue weighted by Crippen LogP contribution is 2.27. The summed E-state index contributed by atoms with van der Waals surface area (Å²) in [6.07, 6.45) is 0. The van der Waals surface area contributed by atoms with Gasteiger partial charge >= 0.3 is 5.69 Å². The van der Waals surface area contributed by atoms with Crippen molar-refractivity contribution in [3.63, 3.8) is 0 Å². The first kappa shape index (κ1) is 20.8. The van der Waals surface area contributed by atoms with Gasteiger partial charge in [-0.1, -0.05) is 41.5 Å². The Balaban J connectivity index is 1.89. The number of aromatic nitrogens is 3. The molecule has 6 heteroatoms. The first-order valence-corrected chi connectivity index (χ1v) is 10.8. The lowest BCUT2D eigenvalue weighted by Gasteiger charge is -2.14. The summed E-state index contributed by atoms with van der Waals surface area (Å²) in [5, 5.41) is 0.895. The minimum Gasteiger partial charge on any atom is -0.497 e. The molecule has 0 atom stereocenters. The van der Waals surface area contributed by atoms with Crippen LogP contribution in [0.4, 0.5) is 0 Å². The molecule has 5 aromatic rings. The largest absolute Gasteiger partial charge is 0.497 e. The molecule has 5 rings (SSSR count). The minimum atomic E-state index is -0.360. The molecule has 0 aliphatic rings. The molecule has 166 valence electrons. The zero-order chi connectivity index (χ0) is 23.3. The standard InChI is InChI=1S/C27H25N3O3/c1-17-5-10-20(11-6-17)30-26(31)25-24(22-15-18(2)7-14-23(22)28(25)3)29(27(30)32)16-19-8-12-21(33-4)13-9-19/h5-15H,16H2,1-4H3. The normalized spacial score (nSPS) is 11.4. The molecule has 33 heavy (non-hydrogen) atoms. The molecule has 0 aliphatic carbocycles. The van der Waals surface area contributed by atoms with E-state index in [1.54, 1.807) is 11.7 Å². The number of hydrogen-bond donors (Lipinski definition) is 0. The average Bonchev–Trinajstić information content (AvgIpc) is 3.10. The van der Waals surface area contributed by atoms with E-state index in [9.17, 15) is 9.59 Å². The number of nitrogens with zero attached hydrogens (tertiary/aromatic N) is 3. The van der Waals surface area contributed by atoms with E-state index in [2.05, 4.69) is 0 Å². The van der Waals surface area contributed by atoms with E-state index in [1.165, 1.54) is 4.57 Å². The van der Waals surface area contributed by atoms with Crippen molar-refractivity contribution in [3.05, 3.63) is 104 Å². The van der Waals surface area contributed by atoms with Crippen molar-refractivity contribution in [2.75, 3.05) is 7.11 Å². The molecule has 2 aromatic heterocycles. The summed E-state index contributed by atoms with van der Waals surface area (Å²) >= 11 is 0. The fourth-order valence-electron chi connectivity index (χ4n) is 4.45. The van der Waals surface area contributed by atoms with Crippen molar-refractivity contribution in [1.82, 2.24) is 13.7 Å². The van der Waals surface area contributed by atoms with Gasteiger partial charge in [0.1, 0.15) is 11.3 Å². The van der Waals surface area contributed by atoms with Crippen molar-refractivity contribution in [1.29, 1.82) is 0 Å². The molecule has 0 radical (unpaired) electrons. The maximum atomic E-state index is 13.8. The van der Waals surface area contributed by atoms with E-state index >= 15 is 0 Å². The Kier molecular flexibility index (Phi) is 4.93. The van der Waals surface area contributed by atoms with Gasteiger partial charge in [-0.2, -0.15) is 0 Å². The number of methoxy groups -OCH3 is 1. The molecule has 2 heterocycles. The first-order valence-electron chi connectivity index (χ1n) is 10.8. The fraction of sp³-hybridized carbons (Fsp3) is 0.185. The van der Waals surface area contributed by atoms with Gasteiger partial charge in [0.2, 0.25) is 0 Å².